The molecule has 2 aromatic heterocycles. The second kappa shape index (κ2) is 8.98. The molecule has 32 heavy (non-hydrogen) atoms. The van der Waals surface area contributed by atoms with Crippen molar-refractivity contribution in [3.63, 3.8) is 0 Å². The lowest BCUT2D eigenvalue weighted by atomic mass is 10.2. The first-order valence-electron chi connectivity index (χ1n) is 9.64. The summed E-state index contributed by atoms with van der Waals surface area (Å²) in [5.74, 6) is -0.379. The molecule has 4 aromatic rings. The Morgan fingerprint density at radius 1 is 1.16 bits per heavy atom. The molecule has 0 fully saturated rings. The molecular weight excluding hydrogens is 419 g/mol. The minimum absolute atomic E-state index is 0.0380. The molecule has 9 nitrogen and oxygen atoms in total. The molecule has 0 aliphatic carbocycles. The Bertz CT molecular complexity index is 1300. The number of benzene rings is 2. The molecule has 0 saturated heterocycles. The van der Waals surface area contributed by atoms with Crippen LogP contribution in [0.25, 0.3) is 16.7 Å². The summed E-state index contributed by atoms with van der Waals surface area (Å²) < 4.78 is 26.0. The van der Waals surface area contributed by atoms with E-state index in [0.717, 1.165) is 0 Å². The van der Waals surface area contributed by atoms with Gasteiger partial charge in [-0.15, -0.1) is 0 Å². The van der Waals surface area contributed by atoms with Crippen LogP contribution in [0.3, 0.4) is 0 Å². The van der Waals surface area contributed by atoms with Crippen molar-refractivity contribution in [2.24, 2.45) is 0 Å². The maximum Gasteiger partial charge on any atom is 0.337 e. The van der Waals surface area contributed by atoms with Crippen LogP contribution in [-0.2, 0) is 11.3 Å². The number of nitrogens with zero attached hydrogens (tertiary/aromatic N) is 4. The van der Waals surface area contributed by atoms with Crippen LogP contribution in [0.1, 0.15) is 10.4 Å². The molecule has 1 N–H and O–H groups in total. The van der Waals surface area contributed by atoms with Crippen LogP contribution < -0.4 is 10.3 Å². The van der Waals surface area contributed by atoms with Crippen molar-refractivity contribution in [3.8, 4) is 11.4 Å². The molecule has 2 heterocycles. The van der Waals surface area contributed by atoms with Gasteiger partial charge in [0.15, 0.2) is 5.65 Å². The molecule has 1 unspecified atom stereocenters. The third-order valence-electron chi connectivity index (χ3n) is 4.75. The molecule has 0 amide bonds. The summed E-state index contributed by atoms with van der Waals surface area (Å²) in [5, 5.41) is 14.8. The van der Waals surface area contributed by atoms with Gasteiger partial charge in [0.05, 0.1) is 31.1 Å². The van der Waals surface area contributed by atoms with Gasteiger partial charge in [-0.3, -0.25) is 9.36 Å². The van der Waals surface area contributed by atoms with Crippen LogP contribution in [0.2, 0.25) is 0 Å². The van der Waals surface area contributed by atoms with Crippen molar-refractivity contribution < 1.29 is 23.8 Å². The number of esters is 1. The van der Waals surface area contributed by atoms with E-state index < -0.39 is 12.1 Å². The zero-order valence-corrected chi connectivity index (χ0v) is 17.0. The zero-order valence-electron chi connectivity index (χ0n) is 17.0. The number of methoxy groups -OCH3 is 1. The van der Waals surface area contributed by atoms with E-state index in [1.165, 1.54) is 53.1 Å². The number of ether oxygens (including phenoxy) is 2. The quantitative estimate of drug-likeness (QED) is 0.439. The van der Waals surface area contributed by atoms with Gasteiger partial charge in [0.2, 0.25) is 0 Å². The second-order valence-electron chi connectivity index (χ2n) is 6.95. The van der Waals surface area contributed by atoms with Gasteiger partial charge in [0, 0.05) is 0 Å². The fourth-order valence-corrected chi connectivity index (χ4v) is 3.13. The average molecular weight is 438 g/mol. The van der Waals surface area contributed by atoms with Crippen molar-refractivity contribution in [2.75, 3.05) is 13.7 Å². The first-order chi connectivity index (χ1) is 15.5. The number of hydrogen-bond donors (Lipinski definition) is 1. The van der Waals surface area contributed by atoms with Gasteiger partial charge in [0.25, 0.3) is 5.56 Å². The number of aromatic nitrogens is 4. The highest BCUT2D eigenvalue weighted by atomic mass is 19.1. The summed E-state index contributed by atoms with van der Waals surface area (Å²) in [5.41, 5.74) is 0.907. The number of aliphatic hydroxyl groups is 1. The Balaban J connectivity index is 1.45. The summed E-state index contributed by atoms with van der Waals surface area (Å²) in [6.07, 6.45) is 1.72. The fraction of sp³-hybridized carbons (Fsp3) is 0.182. The Kier molecular flexibility index (Phi) is 5.95. The molecule has 2 aromatic carbocycles. The van der Waals surface area contributed by atoms with Gasteiger partial charge in [-0.05, 0) is 48.5 Å². The number of aliphatic hydroxyl groups excluding tert-OH is 1. The lowest BCUT2D eigenvalue weighted by Crippen LogP contribution is -2.30. The first kappa shape index (κ1) is 21.2. The van der Waals surface area contributed by atoms with Crippen LogP contribution in [-0.4, -0.2) is 50.2 Å². The lowest BCUT2D eigenvalue weighted by Gasteiger charge is -2.14. The first-order valence-corrected chi connectivity index (χ1v) is 9.64. The van der Waals surface area contributed by atoms with E-state index in [1.807, 2.05) is 0 Å². The van der Waals surface area contributed by atoms with Crippen molar-refractivity contribution in [1.29, 1.82) is 0 Å². The highest BCUT2D eigenvalue weighted by molar-refractivity contribution is 5.89. The molecule has 0 radical (unpaired) electrons. The minimum Gasteiger partial charge on any atom is -0.491 e. The maximum absolute atomic E-state index is 13.2. The van der Waals surface area contributed by atoms with Crippen molar-refractivity contribution in [1.82, 2.24) is 19.3 Å². The van der Waals surface area contributed by atoms with Crippen molar-refractivity contribution in [2.45, 2.75) is 12.6 Å². The van der Waals surface area contributed by atoms with E-state index in [1.54, 1.807) is 24.3 Å². The van der Waals surface area contributed by atoms with E-state index in [9.17, 15) is 19.1 Å². The van der Waals surface area contributed by atoms with E-state index in [0.29, 0.717) is 22.6 Å². The van der Waals surface area contributed by atoms with Gasteiger partial charge in [-0.2, -0.15) is 5.10 Å². The zero-order chi connectivity index (χ0) is 22.7. The predicted molar refractivity (Wildman–Crippen MR) is 112 cm³/mol. The Labute approximate surface area is 181 Å². The summed E-state index contributed by atoms with van der Waals surface area (Å²) in [6.45, 7) is -0.110. The molecule has 0 bridgehead atoms. The number of hydrogen-bond acceptors (Lipinski definition) is 7. The van der Waals surface area contributed by atoms with Crippen LogP contribution in [0.15, 0.2) is 65.8 Å². The van der Waals surface area contributed by atoms with Crippen LogP contribution >= 0.6 is 0 Å². The standard InChI is InChI=1S/C22H19FN4O5/c1-31-22(30)14-2-8-18(9-3-14)32-12-17(28)11-26-13-24-20-19(21(26)29)10-25-27(20)16-6-4-15(23)5-7-16/h2-10,13,17,28H,11-12H2,1H3. The minimum atomic E-state index is -0.987. The number of carbonyl (C=O) groups excluding carboxylic acids is 1. The molecular formula is C22H19FN4O5. The summed E-state index contributed by atoms with van der Waals surface area (Å²) in [4.78, 5) is 28.5. The normalized spacial score (nSPS) is 12.0. The van der Waals surface area contributed by atoms with Crippen LogP contribution in [0, 0.1) is 5.82 Å². The van der Waals surface area contributed by atoms with E-state index >= 15 is 0 Å². The summed E-state index contributed by atoms with van der Waals surface area (Å²) in [6, 6.07) is 11.9. The Morgan fingerprint density at radius 3 is 2.56 bits per heavy atom. The van der Waals surface area contributed by atoms with Gasteiger partial charge in [-0.1, -0.05) is 0 Å². The third-order valence-corrected chi connectivity index (χ3v) is 4.75. The van der Waals surface area contributed by atoms with Gasteiger partial charge >= 0.3 is 5.97 Å². The summed E-state index contributed by atoms with van der Waals surface area (Å²) >= 11 is 0. The van der Waals surface area contributed by atoms with Crippen molar-refractivity contribution in [3.05, 3.63) is 82.8 Å². The molecule has 0 aliphatic rings. The molecule has 0 spiro atoms. The fourth-order valence-electron chi connectivity index (χ4n) is 3.13. The average Bonchev–Trinajstić information content (AvgIpc) is 3.25. The van der Waals surface area contributed by atoms with Crippen LogP contribution in [0.4, 0.5) is 4.39 Å². The predicted octanol–water partition coefficient (Wildman–Crippen LogP) is 1.95. The molecule has 164 valence electrons. The second-order valence-corrected chi connectivity index (χ2v) is 6.95. The molecule has 10 heteroatoms. The molecule has 1 atom stereocenters. The topological polar surface area (TPSA) is 108 Å². The van der Waals surface area contributed by atoms with Gasteiger partial charge < -0.3 is 14.6 Å². The Hall–Kier alpha value is -4.05. The number of carbonyl (C=O) groups is 1. The van der Waals surface area contributed by atoms with E-state index in [2.05, 4.69) is 14.8 Å². The van der Waals surface area contributed by atoms with Crippen molar-refractivity contribution >= 4 is 17.0 Å². The number of halogens is 1. The SMILES string of the molecule is COC(=O)c1ccc(OCC(O)Cn2cnc3c(cnn3-c3ccc(F)cc3)c2=O)cc1. The van der Waals surface area contributed by atoms with Crippen LogP contribution in [0.5, 0.6) is 5.75 Å². The molecule has 4 rings (SSSR count). The highest BCUT2D eigenvalue weighted by Gasteiger charge is 2.14. The molecule has 0 saturated carbocycles. The summed E-state index contributed by atoms with van der Waals surface area (Å²) in [7, 11) is 1.30. The van der Waals surface area contributed by atoms with Gasteiger partial charge in [-0.25, -0.2) is 18.9 Å². The van der Waals surface area contributed by atoms with Gasteiger partial charge in [0.1, 0.15) is 36.0 Å². The van der Waals surface area contributed by atoms with E-state index in [4.69, 9.17) is 4.74 Å². The molecule has 0 aliphatic heterocycles. The lowest BCUT2D eigenvalue weighted by molar-refractivity contribution is 0.0600. The largest absolute Gasteiger partial charge is 0.491 e. The third kappa shape index (κ3) is 4.35. The highest BCUT2D eigenvalue weighted by Crippen LogP contribution is 2.15. The Morgan fingerprint density at radius 2 is 1.88 bits per heavy atom. The monoisotopic (exact) mass is 438 g/mol. The number of fused-ring (bicyclic) bond motifs is 1. The number of rotatable bonds is 7. The smallest absolute Gasteiger partial charge is 0.337 e. The maximum atomic E-state index is 13.2. The van der Waals surface area contributed by atoms with E-state index in [-0.39, 0.29) is 29.9 Å².